The fourth-order valence-electron chi connectivity index (χ4n) is 5.84. The van der Waals surface area contributed by atoms with Gasteiger partial charge in [-0.3, -0.25) is 4.79 Å². The van der Waals surface area contributed by atoms with E-state index in [0.717, 1.165) is 5.56 Å². The molecule has 1 amide bonds. The molecule has 0 aromatic heterocycles. The Hall–Kier alpha value is -4.05. The van der Waals surface area contributed by atoms with Gasteiger partial charge in [0.25, 0.3) is 5.60 Å². The van der Waals surface area contributed by atoms with Crippen molar-refractivity contribution in [2.75, 3.05) is 0 Å². The third-order valence-corrected chi connectivity index (χ3v) is 8.14. The lowest BCUT2D eigenvalue weighted by molar-refractivity contribution is -0.373. The summed E-state index contributed by atoms with van der Waals surface area (Å²) < 4.78 is 21.7. The third kappa shape index (κ3) is 5.75. The number of fused-ring (bicyclic) bond motifs is 2. The van der Waals surface area contributed by atoms with Crippen molar-refractivity contribution in [1.29, 1.82) is 0 Å². The summed E-state index contributed by atoms with van der Waals surface area (Å²) in [4.78, 5) is 61.9. The van der Waals surface area contributed by atoms with Gasteiger partial charge < -0.3 is 49.8 Å². The Morgan fingerprint density at radius 1 is 1.09 bits per heavy atom. The summed E-state index contributed by atoms with van der Waals surface area (Å²) in [6, 6.07) is 8.96. The van der Waals surface area contributed by atoms with E-state index in [1.54, 1.807) is 6.92 Å². The van der Waals surface area contributed by atoms with Crippen LogP contribution in [-0.4, -0.2) is 103 Å². The number of aliphatic carboxylic acids is 3. The van der Waals surface area contributed by atoms with Crippen LogP contribution in [0.1, 0.15) is 45.1 Å². The van der Waals surface area contributed by atoms with Crippen molar-refractivity contribution in [1.82, 2.24) is 5.32 Å². The molecule has 0 radical (unpaired) electrons. The van der Waals surface area contributed by atoms with Crippen molar-refractivity contribution in [3.63, 3.8) is 0 Å². The van der Waals surface area contributed by atoms with Gasteiger partial charge in [-0.1, -0.05) is 43.8 Å². The van der Waals surface area contributed by atoms with E-state index < -0.39 is 77.8 Å². The molecule has 240 valence electrons. The summed E-state index contributed by atoms with van der Waals surface area (Å²) in [6.07, 6.45) is -8.87. The van der Waals surface area contributed by atoms with Gasteiger partial charge in [0.15, 0.2) is 6.10 Å². The number of carboxylic acid groups (broad SMARTS) is 3. The molecule has 4 unspecified atom stereocenters. The molecular formula is C29H35NO14. The van der Waals surface area contributed by atoms with Gasteiger partial charge in [0.2, 0.25) is 17.5 Å². The Labute approximate surface area is 251 Å². The second kappa shape index (κ2) is 12.1. The Kier molecular flexibility index (Phi) is 9.07. The van der Waals surface area contributed by atoms with Crippen LogP contribution in [0.15, 0.2) is 42.5 Å². The van der Waals surface area contributed by atoms with Crippen LogP contribution in [0.2, 0.25) is 0 Å². The number of nitrogens with one attached hydrogen (secondary N) is 1. The van der Waals surface area contributed by atoms with Crippen LogP contribution in [0.25, 0.3) is 0 Å². The first-order valence-corrected chi connectivity index (χ1v) is 13.9. The van der Waals surface area contributed by atoms with Gasteiger partial charge in [-0.05, 0) is 36.8 Å². The number of esters is 1. The molecule has 2 saturated heterocycles. The lowest BCUT2D eigenvalue weighted by Crippen LogP contribution is -2.78. The van der Waals surface area contributed by atoms with E-state index in [2.05, 4.69) is 11.9 Å². The molecule has 3 fully saturated rings. The molecule has 1 aromatic rings. The van der Waals surface area contributed by atoms with Gasteiger partial charge in [-0.25, -0.2) is 19.2 Å². The molecule has 2 aliphatic heterocycles. The Morgan fingerprint density at radius 3 is 2.25 bits per heavy atom. The van der Waals surface area contributed by atoms with Gasteiger partial charge in [-0.2, -0.15) is 0 Å². The van der Waals surface area contributed by atoms with Gasteiger partial charge in [0.05, 0.1) is 0 Å². The molecule has 3 aliphatic rings. The standard InChI is InChI=1S/C29H35NO14/c1-14(19(41-16(3)31)15(2)13-17-7-5-4-6-8-17)11-12-27-20(32)21(42-26(39)30-18-9-10-18)29(44-27,25(37)38)28(40,24(35)36)22(43-27)23(33)34/h4-8,15,18-22,32,40H,1,9-13H2,2-3H3,(H,30,39)(H,33,34)(H,35,36)(H,37,38)/t15-,19-,20-,21-,22?,27?,28?,29?/m1/s1. The summed E-state index contributed by atoms with van der Waals surface area (Å²) in [5.74, 6) is -10.3. The minimum absolute atomic E-state index is 0.233. The SMILES string of the molecule is C=C(CCC12OC(C(=O)O)C(O)(C(=O)O)C(C(=O)O)(O1)[C@H](OC(=O)NC1CC1)[C@H]2O)[C@@H](OC(C)=O)[C@H](C)Cc1ccccc1. The van der Waals surface area contributed by atoms with E-state index in [4.69, 9.17) is 18.9 Å². The largest absolute Gasteiger partial charge is 0.479 e. The highest BCUT2D eigenvalue weighted by Crippen LogP contribution is 2.56. The molecule has 1 aliphatic carbocycles. The molecule has 2 bridgehead atoms. The zero-order valence-electron chi connectivity index (χ0n) is 24.0. The van der Waals surface area contributed by atoms with Gasteiger partial charge in [-0.15, -0.1) is 0 Å². The maximum Gasteiger partial charge on any atom is 0.407 e. The molecule has 6 N–H and O–H groups in total. The second-order valence-electron chi connectivity index (χ2n) is 11.4. The average molecular weight is 622 g/mol. The first-order chi connectivity index (χ1) is 20.6. The third-order valence-electron chi connectivity index (χ3n) is 8.14. The minimum Gasteiger partial charge on any atom is -0.479 e. The molecule has 15 nitrogen and oxygen atoms in total. The van der Waals surface area contributed by atoms with Gasteiger partial charge in [0.1, 0.15) is 12.2 Å². The fraction of sp³-hybridized carbons (Fsp3) is 0.552. The van der Waals surface area contributed by atoms with Gasteiger partial charge in [0, 0.05) is 25.3 Å². The number of carbonyl (C=O) groups is 5. The first-order valence-electron chi connectivity index (χ1n) is 13.9. The van der Waals surface area contributed by atoms with Crippen LogP contribution in [0, 0.1) is 5.92 Å². The van der Waals surface area contributed by atoms with Crippen molar-refractivity contribution in [3.05, 3.63) is 48.0 Å². The maximum absolute atomic E-state index is 12.8. The number of benzene rings is 1. The first kappa shape index (κ1) is 32.9. The molecule has 1 aromatic carbocycles. The number of amides is 1. The summed E-state index contributed by atoms with van der Waals surface area (Å²) >= 11 is 0. The van der Waals surface area contributed by atoms with Crippen molar-refractivity contribution in [3.8, 4) is 0 Å². The highest BCUT2D eigenvalue weighted by Gasteiger charge is 2.86. The zero-order chi connectivity index (χ0) is 32.6. The maximum atomic E-state index is 12.8. The van der Waals surface area contributed by atoms with Crippen molar-refractivity contribution in [2.24, 2.45) is 5.92 Å². The number of rotatable bonds is 13. The smallest absolute Gasteiger partial charge is 0.407 e. The van der Waals surface area contributed by atoms with E-state index in [1.165, 1.54) is 6.92 Å². The Balaban J connectivity index is 1.69. The summed E-state index contributed by atoms with van der Waals surface area (Å²) in [5.41, 5.74) is -6.23. The van der Waals surface area contributed by atoms with E-state index in [-0.39, 0.29) is 24.0 Å². The molecular weight excluding hydrogens is 586 g/mol. The van der Waals surface area contributed by atoms with Crippen LogP contribution < -0.4 is 5.32 Å². The van der Waals surface area contributed by atoms with Crippen molar-refractivity contribution in [2.45, 2.75) is 93.4 Å². The number of aliphatic hydroxyl groups is 2. The number of carbonyl (C=O) groups excluding carboxylic acids is 2. The van der Waals surface area contributed by atoms with Crippen LogP contribution in [0.5, 0.6) is 0 Å². The van der Waals surface area contributed by atoms with Crippen molar-refractivity contribution >= 4 is 30.0 Å². The molecule has 8 atom stereocenters. The van der Waals surface area contributed by atoms with Crippen LogP contribution in [0.3, 0.4) is 0 Å². The number of hydrogen-bond donors (Lipinski definition) is 6. The fourth-order valence-corrected chi connectivity index (χ4v) is 5.84. The quantitative estimate of drug-likeness (QED) is 0.131. The Morgan fingerprint density at radius 2 is 1.73 bits per heavy atom. The monoisotopic (exact) mass is 621 g/mol. The summed E-state index contributed by atoms with van der Waals surface area (Å²) in [6.45, 7) is 6.98. The van der Waals surface area contributed by atoms with E-state index >= 15 is 0 Å². The molecule has 4 rings (SSSR count). The molecule has 1 saturated carbocycles. The molecule has 2 heterocycles. The number of aliphatic hydroxyl groups excluding tert-OH is 1. The highest BCUT2D eigenvalue weighted by molar-refractivity contribution is 5.98. The van der Waals surface area contributed by atoms with E-state index in [9.17, 15) is 49.5 Å². The second-order valence-corrected chi connectivity index (χ2v) is 11.4. The van der Waals surface area contributed by atoms with Gasteiger partial charge >= 0.3 is 30.0 Å². The number of carboxylic acids is 3. The molecule has 15 heteroatoms. The summed E-state index contributed by atoms with van der Waals surface area (Å²) in [7, 11) is 0. The van der Waals surface area contributed by atoms with E-state index in [0.29, 0.717) is 19.3 Å². The molecule has 0 spiro atoms. The van der Waals surface area contributed by atoms with Crippen LogP contribution in [0.4, 0.5) is 4.79 Å². The summed E-state index contributed by atoms with van der Waals surface area (Å²) in [5, 5.41) is 55.2. The number of alkyl carbamates (subject to hydrolysis) is 1. The number of hydrogen-bond acceptors (Lipinski definition) is 11. The highest BCUT2D eigenvalue weighted by atomic mass is 16.8. The topological polar surface area (TPSA) is 235 Å². The van der Waals surface area contributed by atoms with Crippen molar-refractivity contribution < 1.29 is 68.5 Å². The minimum atomic E-state index is -3.88. The predicted octanol–water partition coefficient (Wildman–Crippen LogP) is 0.600. The number of ether oxygens (including phenoxy) is 4. The lowest BCUT2D eigenvalue weighted by Gasteiger charge is -2.48. The van der Waals surface area contributed by atoms with Crippen LogP contribution >= 0.6 is 0 Å². The average Bonchev–Trinajstić information content (AvgIpc) is 3.74. The normalized spacial score (nSPS) is 32.1. The lowest BCUT2D eigenvalue weighted by atomic mass is 9.74. The predicted molar refractivity (Wildman–Crippen MR) is 145 cm³/mol. The van der Waals surface area contributed by atoms with E-state index in [1.807, 2.05) is 30.3 Å². The Bertz CT molecular complexity index is 1330. The molecule has 44 heavy (non-hydrogen) atoms. The van der Waals surface area contributed by atoms with Crippen LogP contribution in [-0.2, 0) is 44.5 Å². The zero-order valence-corrected chi connectivity index (χ0v) is 24.0.